The third-order valence-corrected chi connectivity index (χ3v) is 5.38. The van der Waals surface area contributed by atoms with Gasteiger partial charge in [0, 0.05) is 16.1 Å². The van der Waals surface area contributed by atoms with Crippen molar-refractivity contribution in [1.82, 2.24) is 4.98 Å². The van der Waals surface area contributed by atoms with Crippen LogP contribution in [0.3, 0.4) is 0 Å². The maximum Gasteiger partial charge on any atom is 0.126 e. The number of nitrogens with one attached hydrogen (secondary N) is 1. The van der Waals surface area contributed by atoms with Gasteiger partial charge in [0.2, 0.25) is 0 Å². The Kier molecular flexibility index (Phi) is 5.42. The molecule has 0 fully saturated rings. The Hall–Kier alpha value is -3.37. The second-order valence-electron chi connectivity index (χ2n) is 7.23. The molecule has 0 radical (unpaired) electrons. The minimum absolute atomic E-state index is 0.107. The molecule has 5 heteroatoms. The number of hydrogen-bond acceptors (Lipinski definition) is 3. The van der Waals surface area contributed by atoms with Gasteiger partial charge in [-0.1, -0.05) is 37.1 Å². The Balaban J connectivity index is 2.03. The van der Waals surface area contributed by atoms with Crippen molar-refractivity contribution in [2.75, 3.05) is 0 Å². The molecule has 0 aliphatic heterocycles. The van der Waals surface area contributed by atoms with E-state index in [0.717, 1.165) is 46.5 Å². The summed E-state index contributed by atoms with van der Waals surface area (Å²) in [5.74, 6) is 0.504. The average Bonchev–Trinajstić information content (AvgIpc) is 3.08. The van der Waals surface area contributed by atoms with Crippen LogP contribution in [-0.4, -0.2) is 20.3 Å². The number of halogens is 1. The number of benzene rings is 3. The number of phenols is 3. The third kappa shape index (κ3) is 3.74. The zero-order valence-corrected chi connectivity index (χ0v) is 17.2. The summed E-state index contributed by atoms with van der Waals surface area (Å²) in [6.45, 7) is 2.11. The van der Waals surface area contributed by atoms with E-state index in [1.54, 1.807) is 30.3 Å². The summed E-state index contributed by atoms with van der Waals surface area (Å²) in [4.78, 5) is 3.51. The summed E-state index contributed by atoms with van der Waals surface area (Å²) < 4.78 is 0. The van der Waals surface area contributed by atoms with Gasteiger partial charge >= 0.3 is 0 Å². The first-order chi connectivity index (χ1) is 14.5. The standard InChI is InChI=1S/C25H22ClNO3/c1-2-3-21-23(15-4-9-18(28)10-5-15)24(16-6-11-19(29)12-7-16)27-25(21)20-13-8-17(26)14-22(20)30/h4-14,27-30H,2-3H2,1H3. The molecule has 1 aromatic heterocycles. The van der Waals surface area contributed by atoms with Crippen LogP contribution in [0.4, 0.5) is 0 Å². The van der Waals surface area contributed by atoms with E-state index in [9.17, 15) is 15.3 Å². The lowest BCUT2D eigenvalue weighted by Crippen LogP contribution is -1.90. The van der Waals surface area contributed by atoms with Crippen LogP contribution in [0.25, 0.3) is 33.6 Å². The van der Waals surface area contributed by atoms with Crippen LogP contribution in [0, 0.1) is 0 Å². The minimum atomic E-state index is 0.107. The maximum absolute atomic E-state index is 10.6. The zero-order chi connectivity index (χ0) is 21.3. The van der Waals surface area contributed by atoms with E-state index in [1.165, 1.54) is 6.07 Å². The highest BCUT2D eigenvalue weighted by Gasteiger charge is 2.22. The molecule has 30 heavy (non-hydrogen) atoms. The summed E-state index contributed by atoms with van der Waals surface area (Å²) in [6.07, 6.45) is 1.71. The van der Waals surface area contributed by atoms with E-state index in [0.29, 0.717) is 10.6 Å². The number of H-pyrrole nitrogens is 1. The van der Waals surface area contributed by atoms with Crippen LogP contribution in [-0.2, 0) is 6.42 Å². The van der Waals surface area contributed by atoms with E-state index in [4.69, 9.17) is 11.6 Å². The van der Waals surface area contributed by atoms with Gasteiger partial charge in [0.1, 0.15) is 17.2 Å². The number of aromatic hydroxyl groups is 3. The van der Waals surface area contributed by atoms with Gasteiger partial charge < -0.3 is 20.3 Å². The molecule has 4 nitrogen and oxygen atoms in total. The molecular formula is C25H22ClNO3. The van der Waals surface area contributed by atoms with Gasteiger partial charge in [-0.2, -0.15) is 0 Å². The average molecular weight is 420 g/mol. The first kappa shape index (κ1) is 19.9. The Morgan fingerprint density at radius 3 is 1.93 bits per heavy atom. The summed E-state index contributed by atoms with van der Waals surface area (Å²) >= 11 is 6.05. The largest absolute Gasteiger partial charge is 0.508 e. The summed E-state index contributed by atoms with van der Waals surface area (Å²) in [5, 5.41) is 30.5. The van der Waals surface area contributed by atoms with Gasteiger partial charge in [-0.3, -0.25) is 0 Å². The Bertz CT molecular complexity index is 1180. The molecule has 152 valence electrons. The first-order valence-corrected chi connectivity index (χ1v) is 10.2. The maximum atomic E-state index is 10.6. The smallest absolute Gasteiger partial charge is 0.126 e. The number of rotatable bonds is 5. The molecule has 1 heterocycles. The fourth-order valence-electron chi connectivity index (χ4n) is 3.78. The molecule has 0 atom stereocenters. The molecule has 0 spiro atoms. The normalized spacial score (nSPS) is 11.0. The molecule has 4 rings (SSSR count). The lowest BCUT2D eigenvalue weighted by Gasteiger charge is -2.10. The van der Waals surface area contributed by atoms with Crippen LogP contribution in [0.5, 0.6) is 17.2 Å². The second-order valence-corrected chi connectivity index (χ2v) is 7.67. The van der Waals surface area contributed by atoms with Crippen molar-refractivity contribution in [2.45, 2.75) is 19.8 Å². The quantitative estimate of drug-likeness (QED) is 0.289. The van der Waals surface area contributed by atoms with Crippen molar-refractivity contribution < 1.29 is 15.3 Å². The Labute approximate surface area is 180 Å². The molecule has 0 saturated carbocycles. The fraction of sp³-hybridized carbons (Fsp3) is 0.120. The molecule has 0 amide bonds. The van der Waals surface area contributed by atoms with Crippen molar-refractivity contribution >= 4 is 11.6 Å². The summed E-state index contributed by atoms with van der Waals surface area (Å²) in [6, 6.07) is 19.2. The molecule has 0 aliphatic rings. The molecule has 4 aromatic rings. The van der Waals surface area contributed by atoms with Crippen molar-refractivity contribution in [3.63, 3.8) is 0 Å². The van der Waals surface area contributed by atoms with Gasteiger partial charge in [0.25, 0.3) is 0 Å². The lowest BCUT2D eigenvalue weighted by atomic mass is 9.93. The SMILES string of the molecule is CCCc1c(-c2ccc(Cl)cc2O)[nH]c(-c2ccc(O)cc2)c1-c1ccc(O)cc1. The Morgan fingerprint density at radius 2 is 1.37 bits per heavy atom. The van der Waals surface area contributed by atoms with Crippen molar-refractivity contribution in [2.24, 2.45) is 0 Å². The summed E-state index contributed by atoms with van der Waals surface area (Å²) in [5.41, 5.74) is 6.33. The highest BCUT2D eigenvalue weighted by atomic mass is 35.5. The highest BCUT2D eigenvalue weighted by Crippen LogP contribution is 2.44. The van der Waals surface area contributed by atoms with E-state index in [-0.39, 0.29) is 17.2 Å². The third-order valence-electron chi connectivity index (χ3n) is 5.14. The molecular weight excluding hydrogens is 398 g/mol. The van der Waals surface area contributed by atoms with E-state index < -0.39 is 0 Å². The van der Waals surface area contributed by atoms with Gasteiger partial charge in [-0.05, 0) is 77.7 Å². The van der Waals surface area contributed by atoms with Crippen molar-refractivity contribution in [1.29, 1.82) is 0 Å². The number of hydrogen-bond donors (Lipinski definition) is 4. The van der Waals surface area contributed by atoms with Crippen LogP contribution < -0.4 is 0 Å². The predicted octanol–water partition coefficient (Wildman–Crippen LogP) is 6.74. The van der Waals surface area contributed by atoms with Gasteiger partial charge in [0.05, 0.1) is 11.4 Å². The number of phenolic OH excluding ortho intramolecular Hbond substituents is 3. The fourth-order valence-corrected chi connectivity index (χ4v) is 3.94. The van der Waals surface area contributed by atoms with Crippen molar-refractivity contribution in [3.8, 4) is 50.9 Å². The summed E-state index contributed by atoms with van der Waals surface area (Å²) in [7, 11) is 0. The van der Waals surface area contributed by atoms with E-state index >= 15 is 0 Å². The Morgan fingerprint density at radius 1 is 0.767 bits per heavy atom. The van der Waals surface area contributed by atoms with Gasteiger partial charge in [0.15, 0.2) is 0 Å². The molecule has 4 N–H and O–H groups in total. The minimum Gasteiger partial charge on any atom is -0.508 e. The molecule has 3 aromatic carbocycles. The molecule has 0 aliphatic carbocycles. The van der Waals surface area contributed by atoms with Crippen LogP contribution in [0.2, 0.25) is 5.02 Å². The van der Waals surface area contributed by atoms with Gasteiger partial charge in [-0.25, -0.2) is 0 Å². The highest BCUT2D eigenvalue weighted by molar-refractivity contribution is 6.30. The predicted molar refractivity (Wildman–Crippen MR) is 121 cm³/mol. The second kappa shape index (κ2) is 8.17. The number of aromatic amines is 1. The van der Waals surface area contributed by atoms with E-state index in [2.05, 4.69) is 11.9 Å². The topological polar surface area (TPSA) is 76.5 Å². The zero-order valence-electron chi connectivity index (χ0n) is 16.5. The lowest BCUT2D eigenvalue weighted by molar-refractivity contribution is 0.475. The number of aromatic nitrogens is 1. The van der Waals surface area contributed by atoms with Crippen LogP contribution in [0.15, 0.2) is 66.7 Å². The van der Waals surface area contributed by atoms with E-state index in [1.807, 2.05) is 30.3 Å². The van der Waals surface area contributed by atoms with Crippen molar-refractivity contribution in [3.05, 3.63) is 77.3 Å². The van der Waals surface area contributed by atoms with Crippen LogP contribution >= 0.6 is 11.6 Å². The van der Waals surface area contributed by atoms with Crippen LogP contribution in [0.1, 0.15) is 18.9 Å². The molecule has 0 bridgehead atoms. The molecule has 0 unspecified atom stereocenters. The monoisotopic (exact) mass is 419 g/mol. The first-order valence-electron chi connectivity index (χ1n) is 9.80. The molecule has 0 saturated heterocycles. The van der Waals surface area contributed by atoms with Gasteiger partial charge in [-0.15, -0.1) is 0 Å².